The summed E-state index contributed by atoms with van der Waals surface area (Å²) in [7, 11) is 4.19. The summed E-state index contributed by atoms with van der Waals surface area (Å²) >= 11 is 4.40. The van der Waals surface area contributed by atoms with Crippen molar-refractivity contribution in [2.75, 3.05) is 38.8 Å². The highest BCUT2D eigenvalue weighted by atomic mass is 79.9. The fourth-order valence-electron chi connectivity index (χ4n) is 9.08. The second kappa shape index (κ2) is 7.81. The van der Waals surface area contributed by atoms with Gasteiger partial charge in [0.1, 0.15) is 0 Å². The summed E-state index contributed by atoms with van der Waals surface area (Å²) < 4.78 is 19.2. The van der Waals surface area contributed by atoms with Gasteiger partial charge in [-0.2, -0.15) is 0 Å². The summed E-state index contributed by atoms with van der Waals surface area (Å²) in [6.07, 6.45) is 8.24. The van der Waals surface area contributed by atoms with Crippen LogP contribution in [-0.2, 0) is 14.2 Å². The molecule has 36 heavy (non-hydrogen) atoms. The van der Waals surface area contributed by atoms with Crippen molar-refractivity contribution in [3.8, 4) is 0 Å². The first kappa shape index (κ1) is 24.1. The highest BCUT2D eigenvalue weighted by Gasteiger charge is 2.76. The molecule has 6 atom stereocenters. The number of ether oxygens (including phenoxy) is 3. The Morgan fingerprint density at radius 3 is 2.42 bits per heavy atom. The van der Waals surface area contributed by atoms with Gasteiger partial charge in [0.25, 0.3) is 0 Å². The van der Waals surface area contributed by atoms with Crippen LogP contribution in [0.2, 0.25) is 0 Å². The van der Waals surface area contributed by atoms with Crippen LogP contribution in [0.3, 0.4) is 0 Å². The summed E-state index contributed by atoms with van der Waals surface area (Å²) in [6.45, 7) is 4.72. The van der Waals surface area contributed by atoms with Crippen LogP contribution >= 0.6 is 15.9 Å². The normalized spacial score (nSPS) is 44.8. The van der Waals surface area contributed by atoms with E-state index in [-0.39, 0.29) is 21.3 Å². The Hall–Kier alpha value is -0.920. The largest absolute Gasteiger partial charge is 0.385 e. The van der Waals surface area contributed by atoms with Gasteiger partial charge in [-0.05, 0) is 68.2 Å². The van der Waals surface area contributed by atoms with Crippen LogP contribution in [-0.4, -0.2) is 60.3 Å². The van der Waals surface area contributed by atoms with Crippen molar-refractivity contribution < 1.29 is 19.3 Å². The number of rotatable bonds is 2. The average Bonchev–Trinajstić information content (AvgIpc) is 3.23. The van der Waals surface area contributed by atoms with Crippen molar-refractivity contribution in [2.24, 2.45) is 11.3 Å². The molecule has 2 bridgehead atoms. The molecule has 1 aromatic rings. The molecule has 0 aromatic heterocycles. The molecule has 5 fully saturated rings. The molecule has 6 aliphatic rings. The number of alkyl halides is 1. The second-order valence-corrected chi connectivity index (χ2v) is 14.3. The van der Waals surface area contributed by atoms with Crippen LogP contribution in [0.15, 0.2) is 35.4 Å². The molecule has 1 aromatic carbocycles. The second-order valence-electron chi connectivity index (χ2n) is 13.0. The molecular weight excluding hydrogens is 518 g/mol. The van der Waals surface area contributed by atoms with E-state index in [1.807, 2.05) is 0 Å². The third kappa shape index (κ3) is 3.03. The van der Waals surface area contributed by atoms with E-state index < -0.39 is 11.4 Å². The van der Waals surface area contributed by atoms with E-state index in [0.29, 0.717) is 12.3 Å². The van der Waals surface area contributed by atoms with E-state index in [0.717, 1.165) is 64.8 Å². The van der Waals surface area contributed by atoms with Crippen molar-refractivity contribution in [1.82, 2.24) is 0 Å². The topological polar surface area (TPSA) is 51.2 Å². The van der Waals surface area contributed by atoms with Gasteiger partial charge in [0.15, 0.2) is 5.79 Å². The molecule has 2 heterocycles. The minimum absolute atomic E-state index is 0.0342. The Morgan fingerprint density at radius 2 is 1.75 bits per heavy atom. The molecule has 0 amide bonds. The number of fused-ring (bicyclic) bond motifs is 2. The van der Waals surface area contributed by atoms with Crippen molar-refractivity contribution >= 4 is 21.6 Å². The standard InChI is InChI=1S/C30H40BrNO4/c1-26-13-14-29(36-19-26)24-9-11-27(33)18-28(34-15-4-16-35-28)12-10-23(27)25(24)22(17-30(26,29)31)20-5-7-21(8-6-20)32(2)3/h5-8,22,24,33H,4,9-19H2,1-3H3/t22-,24-,26-,27-,29-,30+/m1/s1. The van der Waals surface area contributed by atoms with Gasteiger partial charge in [0.05, 0.1) is 35.3 Å². The zero-order chi connectivity index (χ0) is 25.0. The summed E-state index contributed by atoms with van der Waals surface area (Å²) in [6, 6.07) is 9.14. The van der Waals surface area contributed by atoms with Crippen molar-refractivity contribution in [2.45, 2.75) is 91.9 Å². The fourth-order valence-corrected chi connectivity index (χ4v) is 10.3. The number of hydrogen-bond acceptors (Lipinski definition) is 5. The number of hydrogen-bond donors (Lipinski definition) is 1. The van der Waals surface area contributed by atoms with E-state index in [1.165, 1.54) is 28.8 Å². The van der Waals surface area contributed by atoms with Crippen LogP contribution in [0.4, 0.5) is 5.69 Å². The van der Waals surface area contributed by atoms with Gasteiger partial charge in [-0.1, -0.05) is 40.6 Å². The van der Waals surface area contributed by atoms with Crippen LogP contribution in [0.25, 0.3) is 0 Å². The lowest BCUT2D eigenvalue weighted by molar-refractivity contribution is -0.296. The lowest BCUT2D eigenvalue weighted by Crippen LogP contribution is -2.61. The van der Waals surface area contributed by atoms with Crippen molar-refractivity contribution in [1.29, 1.82) is 0 Å². The Labute approximate surface area is 223 Å². The van der Waals surface area contributed by atoms with Gasteiger partial charge in [0.2, 0.25) is 0 Å². The third-order valence-corrected chi connectivity index (χ3v) is 13.0. The zero-order valence-corrected chi connectivity index (χ0v) is 23.5. The molecule has 196 valence electrons. The highest BCUT2D eigenvalue weighted by Crippen LogP contribution is 2.75. The van der Waals surface area contributed by atoms with Gasteiger partial charge in [-0.25, -0.2) is 0 Å². The Balaban J connectivity index is 1.37. The zero-order valence-electron chi connectivity index (χ0n) is 21.9. The Kier molecular flexibility index (Phi) is 5.24. The lowest BCUT2D eigenvalue weighted by atomic mass is 9.52. The van der Waals surface area contributed by atoms with Crippen LogP contribution < -0.4 is 4.90 Å². The molecule has 3 saturated carbocycles. The number of halogens is 1. The first-order valence-corrected chi connectivity index (χ1v) is 14.8. The van der Waals surface area contributed by atoms with Crippen LogP contribution in [0, 0.1) is 11.3 Å². The van der Waals surface area contributed by atoms with Gasteiger partial charge in [0, 0.05) is 49.9 Å². The molecule has 2 aliphatic heterocycles. The summed E-state index contributed by atoms with van der Waals surface area (Å²) in [5.41, 5.74) is 4.47. The Bertz CT molecular complexity index is 1080. The number of benzene rings is 1. The quantitative estimate of drug-likeness (QED) is 0.373. The predicted molar refractivity (Wildman–Crippen MR) is 144 cm³/mol. The maximum absolute atomic E-state index is 12.3. The van der Waals surface area contributed by atoms with E-state index >= 15 is 0 Å². The molecule has 0 radical (unpaired) electrons. The maximum atomic E-state index is 12.3. The van der Waals surface area contributed by atoms with E-state index in [4.69, 9.17) is 14.2 Å². The van der Waals surface area contributed by atoms with E-state index in [1.54, 1.807) is 0 Å². The van der Waals surface area contributed by atoms with Gasteiger partial charge < -0.3 is 24.2 Å². The maximum Gasteiger partial charge on any atom is 0.171 e. The molecule has 5 nitrogen and oxygen atoms in total. The fraction of sp³-hybridized carbons (Fsp3) is 0.733. The van der Waals surface area contributed by atoms with Crippen molar-refractivity contribution in [3.63, 3.8) is 0 Å². The summed E-state index contributed by atoms with van der Waals surface area (Å²) in [4.78, 5) is 2.16. The molecule has 4 aliphatic carbocycles. The van der Waals surface area contributed by atoms with Gasteiger partial charge in [-0.3, -0.25) is 0 Å². The van der Waals surface area contributed by atoms with E-state index in [2.05, 4.69) is 66.1 Å². The number of aliphatic hydroxyl groups is 1. The third-order valence-electron chi connectivity index (χ3n) is 11.0. The summed E-state index contributed by atoms with van der Waals surface area (Å²) in [5.74, 6) is 0.00203. The van der Waals surface area contributed by atoms with Crippen molar-refractivity contribution in [3.05, 3.63) is 41.0 Å². The number of nitrogens with zero attached hydrogens (tertiary/aromatic N) is 1. The monoisotopic (exact) mass is 557 g/mol. The number of anilines is 1. The minimum atomic E-state index is -0.854. The van der Waals surface area contributed by atoms with Crippen LogP contribution in [0.5, 0.6) is 0 Å². The highest BCUT2D eigenvalue weighted by molar-refractivity contribution is 9.10. The first-order valence-electron chi connectivity index (χ1n) is 14.0. The molecule has 2 saturated heterocycles. The minimum Gasteiger partial charge on any atom is -0.385 e. The predicted octanol–water partition coefficient (Wildman–Crippen LogP) is 5.70. The van der Waals surface area contributed by atoms with Gasteiger partial charge in [-0.15, -0.1) is 0 Å². The average molecular weight is 559 g/mol. The smallest absolute Gasteiger partial charge is 0.171 e. The lowest BCUT2D eigenvalue weighted by Gasteiger charge is -2.59. The molecular formula is C30H40BrNO4. The van der Waals surface area contributed by atoms with Gasteiger partial charge >= 0.3 is 0 Å². The van der Waals surface area contributed by atoms with Crippen LogP contribution in [0.1, 0.15) is 76.2 Å². The SMILES string of the molecule is CN(C)c1ccc([C@H]2C[C@]3(Br)[C@]4(C)CC[C@@]3(OC4)[C@@H]3CC[C@@]4(O)CC5(CCC4=C32)OCCCO5)cc1. The molecule has 7 rings (SSSR count). The molecule has 0 unspecified atom stereocenters. The first-order chi connectivity index (χ1) is 17.1. The molecule has 1 N–H and O–H groups in total. The molecule has 1 spiro atoms. The summed E-state index contributed by atoms with van der Waals surface area (Å²) in [5, 5.41) is 12.3. The molecule has 6 heteroatoms. The van der Waals surface area contributed by atoms with E-state index in [9.17, 15) is 5.11 Å². The Morgan fingerprint density at radius 1 is 1.00 bits per heavy atom.